The van der Waals surface area contributed by atoms with Crippen LogP contribution >= 0.6 is 0 Å². The highest BCUT2D eigenvalue weighted by molar-refractivity contribution is 6.42. The molecule has 1 aliphatic rings. The third-order valence-electron chi connectivity index (χ3n) is 1.24. The van der Waals surface area contributed by atoms with Gasteiger partial charge in [-0.1, -0.05) is 0 Å². The largest absolute Gasteiger partial charge is 0.761 e. The average Bonchev–Trinajstić information content (AvgIpc) is 2.52. The Kier molecular flexibility index (Phi) is 2.56. The molecule has 0 atom stereocenters. The highest BCUT2D eigenvalue weighted by Gasteiger charge is 2.12. The quantitative estimate of drug-likeness (QED) is 0.444. The number of allylic oxidation sites excluding steroid dienone is 1. The summed E-state index contributed by atoms with van der Waals surface area (Å²) in [5.74, 6) is 1.34. The lowest BCUT2D eigenvalue weighted by Gasteiger charge is -1.97. The van der Waals surface area contributed by atoms with Gasteiger partial charge in [0, 0.05) is 0 Å². The van der Waals surface area contributed by atoms with E-state index >= 15 is 0 Å². The SMILES string of the molecule is CCOC(=O)C1=NC(=C=[N-])C=C1. The van der Waals surface area contributed by atoms with Crippen LogP contribution in [0.1, 0.15) is 6.92 Å². The first-order valence-corrected chi connectivity index (χ1v) is 3.49. The topological polar surface area (TPSA) is 61.0 Å². The van der Waals surface area contributed by atoms with Gasteiger partial charge in [0.25, 0.3) is 0 Å². The van der Waals surface area contributed by atoms with Gasteiger partial charge in [-0.2, -0.15) is 0 Å². The number of ether oxygens (including phenoxy) is 1. The van der Waals surface area contributed by atoms with Crippen molar-refractivity contribution in [2.24, 2.45) is 4.99 Å². The maximum atomic E-state index is 11.0. The van der Waals surface area contributed by atoms with Crippen molar-refractivity contribution in [2.45, 2.75) is 6.92 Å². The van der Waals surface area contributed by atoms with Crippen LogP contribution < -0.4 is 0 Å². The van der Waals surface area contributed by atoms with Crippen molar-refractivity contribution in [3.05, 3.63) is 23.3 Å². The summed E-state index contributed by atoms with van der Waals surface area (Å²) in [6, 6.07) is 0. The van der Waals surface area contributed by atoms with E-state index in [0.717, 1.165) is 0 Å². The van der Waals surface area contributed by atoms with Gasteiger partial charge in [0.05, 0.1) is 12.3 Å². The number of carbonyl (C=O) groups excluding carboxylic acids is 1. The van der Waals surface area contributed by atoms with Crippen molar-refractivity contribution >= 4 is 17.6 Å². The molecule has 1 rings (SSSR count). The lowest BCUT2D eigenvalue weighted by atomic mass is 10.4. The minimum Gasteiger partial charge on any atom is -0.761 e. The fourth-order valence-corrected chi connectivity index (χ4v) is 0.743. The van der Waals surface area contributed by atoms with E-state index in [-0.39, 0.29) is 11.4 Å². The van der Waals surface area contributed by atoms with E-state index < -0.39 is 5.97 Å². The summed E-state index contributed by atoms with van der Waals surface area (Å²) in [4.78, 5) is 14.7. The number of carbonyl (C=O) groups is 1. The fourth-order valence-electron chi connectivity index (χ4n) is 0.743. The first-order chi connectivity index (χ1) is 5.77. The van der Waals surface area contributed by atoms with Crippen molar-refractivity contribution in [2.75, 3.05) is 6.61 Å². The lowest BCUT2D eigenvalue weighted by Crippen LogP contribution is -2.13. The van der Waals surface area contributed by atoms with Crippen LogP contribution in [0.5, 0.6) is 0 Å². The van der Waals surface area contributed by atoms with E-state index in [1.54, 1.807) is 6.92 Å². The van der Waals surface area contributed by atoms with Gasteiger partial charge in [0.15, 0.2) is 0 Å². The van der Waals surface area contributed by atoms with Crippen molar-refractivity contribution in [3.8, 4) is 0 Å². The summed E-state index contributed by atoms with van der Waals surface area (Å²) in [7, 11) is 0. The van der Waals surface area contributed by atoms with E-state index in [1.165, 1.54) is 12.2 Å². The highest BCUT2D eigenvalue weighted by Crippen LogP contribution is 2.05. The summed E-state index contributed by atoms with van der Waals surface area (Å²) >= 11 is 0. The summed E-state index contributed by atoms with van der Waals surface area (Å²) in [5, 5.41) is 8.40. The van der Waals surface area contributed by atoms with Crippen molar-refractivity contribution < 1.29 is 9.53 Å². The van der Waals surface area contributed by atoms with E-state index in [4.69, 9.17) is 5.41 Å². The monoisotopic (exact) mass is 163 g/mol. The van der Waals surface area contributed by atoms with Gasteiger partial charge < -0.3 is 10.1 Å². The Bertz CT molecular complexity index is 309. The Balaban J connectivity index is 2.74. The predicted octanol–water partition coefficient (Wildman–Crippen LogP) is 0.683. The normalized spacial score (nSPS) is 14.1. The molecule has 0 N–H and O–H groups in total. The summed E-state index contributed by atoms with van der Waals surface area (Å²) < 4.78 is 4.67. The molecule has 0 aromatic heterocycles. The van der Waals surface area contributed by atoms with Gasteiger partial charge in [-0.3, -0.25) is 0 Å². The van der Waals surface area contributed by atoms with Crippen molar-refractivity contribution in [1.82, 2.24) is 0 Å². The molecule has 0 fully saturated rings. The molecule has 0 unspecified atom stereocenters. The number of hydrogen-bond acceptors (Lipinski definition) is 3. The smallest absolute Gasteiger partial charge is 0.356 e. The molecule has 62 valence electrons. The minimum absolute atomic E-state index is 0.188. The van der Waals surface area contributed by atoms with Crippen molar-refractivity contribution in [3.63, 3.8) is 0 Å². The number of aliphatic imine (C=N–C) groups is 1. The zero-order valence-corrected chi connectivity index (χ0v) is 6.57. The van der Waals surface area contributed by atoms with Crippen LogP contribution in [0.3, 0.4) is 0 Å². The molecule has 0 saturated heterocycles. The molecule has 1 heterocycles. The Morgan fingerprint density at radius 1 is 1.75 bits per heavy atom. The maximum Gasteiger partial charge on any atom is 0.356 e. The van der Waals surface area contributed by atoms with Crippen molar-refractivity contribution in [1.29, 1.82) is 0 Å². The van der Waals surface area contributed by atoms with Crippen LogP contribution in [0.25, 0.3) is 5.41 Å². The molecule has 12 heavy (non-hydrogen) atoms. The zero-order chi connectivity index (χ0) is 8.97. The first-order valence-electron chi connectivity index (χ1n) is 3.49. The first kappa shape index (κ1) is 8.43. The Morgan fingerprint density at radius 3 is 3.00 bits per heavy atom. The molecule has 0 aromatic carbocycles. The molecule has 0 spiro atoms. The van der Waals surface area contributed by atoms with E-state index in [0.29, 0.717) is 6.61 Å². The molecule has 0 aliphatic carbocycles. The van der Waals surface area contributed by atoms with Crippen LogP contribution in [0.15, 0.2) is 22.8 Å². The Morgan fingerprint density at radius 2 is 2.50 bits per heavy atom. The van der Waals surface area contributed by atoms with Crippen LogP contribution in [-0.4, -0.2) is 24.2 Å². The third-order valence-corrected chi connectivity index (χ3v) is 1.24. The number of hydrogen-bond donors (Lipinski definition) is 0. The Hall–Kier alpha value is -1.67. The summed E-state index contributed by atoms with van der Waals surface area (Å²) in [6.45, 7) is 2.03. The summed E-state index contributed by atoms with van der Waals surface area (Å²) in [6.07, 6.45) is 2.95. The summed E-state index contributed by atoms with van der Waals surface area (Å²) in [5.41, 5.74) is 0.423. The Labute approximate surface area is 69.8 Å². The molecule has 0 aromatic rings. The molecule has 0 bridgehead atoms. The van der Waals surface area contributed by atoms with Crippen LogP contribution in [0.4, 0.5) is 0 Å². The van der Waals surface area contributed by atoms with Crippen LogP contribution in [0.2, 0.25) is 0 Å². The van der Waals surface area contributed by atoms with Gasteiger partial charge in [0.1, 0.15) is 5.71 Å². The zero-order valence-electron chi connectivity index (χ0n) is 6.57. The second-order valence-corrected chi connectivity index (χ2v) is 2.05. The lowest BCUT2D eigenvalue weighted by molar-refractivity contribution is -0.134. The molecule has 0 radical (unpaired) electrons. The third kappa shape index (κ3) is 1.68. The second-order valence-electron chi connectivity index (χ2n) is 2.05. The molecular formula is C8H7N2O2-. The second kappa shape index (κ2) is 3.64. The molecule has 4 heteroatoms. The predicted molar refractivity (Wildman–Crippen MR) is 45.1 cm³/mol. The van der Waals surface area contributed by atoms with Gasteiger partial charge in [-0.15, -0.1) is 0 Å². The minimum atomic E-state index is -0.487. The van der Waals surface area contributed by atoms with E-state index in [1.807, 2.05) is 5.87 Å². The van der Waals surface area contributed by atoms with Gasteiger partial charge in [-0.05, 0) is 19.1 Å². The van der Waals surface area contributed by atoms with Crippen LogP contribution in [0, 0.1) is 0 Å². The van der Waals surface area contributed by atoms with Crippen LogP contribution in [-0.2, 0) is 9.53 Å². The molecule has 0 amide bonds. The highest BCUT2D eigenvalue weighted by atomic mass is 16.5. The van der Waals surface area contributed by atoms with Gasteiger partial charge in [-0.25, -0.2) is 15.7 Å². The molecular weight excluding hydrogens is 156 g/mol. The van der Waals surface area contributed by atoms with Gasteiger partial charge >= 0.3 is 5.97 Å². The van der Waals surface area contributed by atoms with Gasteiger partial charge in [0.2, 0.25) is 0 Å². The number of rotatable bonds is 2. The van der Waals surface area contributed by atoms with E-state index in [9.17, 15) is 4.79 Å². The maximum absolute atomic E-state index is 11.0. The molecule has 4 nitrogen and oxygen atoms in total. The van der Waals surface area contributed by atoms with E-state index in [2.05, 4.69) is 9.73 Å². The molecule has 0 saturated carbocycles. The molecule has 1 aliphatic heterocycles. The fraction of sp³-hybridized carbons (Fsp3) is 0.250. The number of nitrogens with zero attached hydrogens (tertiary/aromatic N) is 2. The average molecular weight is 163 g/mol. The standard InChI is InChI=1S/C8H7N2O2/c1-2-12-8(11)7-4-3-6(5-9)10-7/h3-4H,2H2,1H3/q-1. The number of esters is 1.